The van der Waals surface area contributed by atoms with Crippen LogP contribution in [0.5, 0.6) is 11.5 Å². The summed E-state index contributed by atoms with van der Waals surface area (Å²) in [6.45, 7) is 6.63. The third-order valence-electron chi connectivity index (χ3n) is 3.08. The summed E-state index contributed by atoms with van der Waals surface area (Å²) in [5, 5.41) is 3.84. The van der Waals surface area contributed by atoms with Crippen LogP contribution in [0.3, 0.4) is 0 Å². The Morgan fingerprint density at radius 2 is 1.95 bits per heavy atom. The predicted octanol–water partition coefficient (Wildman–Crippen LogP) is 5.08. The molecule has 0 saturated heterocycles. The lowest BCUT2D eigenvalue weighted by Crippen LogP contribution is -2.21. The van der Waals surface area contributed by atoms with Crippen LogP contribution >= 0.6 is 11.6 Å². The van der Waals surface area contributed by atoms with Crippen LogP contribution in [-0.4, -0.2) is 6.04 Å². The van der Waals surface area contributed by atoms with Crippen molar-refractivity contribution in [2.75, 3.05) is 0 Å². The first-order chi connectivity index (χ1) is 9.95. The van der Waals surface area contributed by atoms with E-state index in [1.807, 2.05) is 12.1 Å². The van der Waals surface area contributed by atoms with Crippen LogP contribution in [-0.2, 0) is 6.54 Å². The van der Waals surface area contributed by atoms with Gasteiger partial charge in [-0.2, -0.15) is 0 Å². The highest BCUT2D eigenvalue weighted by atomic mass is 35.5. The van der Waals surface area contributed by atoms with E-state index in [1.165, 1.54) is 6.07 Å². The molecule has 0 unspecified atom stereocenters. The molecular weight excluding hydrogens is 289 g/mol. The molecule has 21 heavy (non-hydrogen) atoms. The average molecular weight is 308 g/mol. The largest absolute Gasteiger partial charge is 0.456 e. The van der Waals surface area contributed by atoms with Crippen LogP contribution in [0.4, 0.5) is 4.39 Å². The van der Waals surface area contributed by atoms with Crippen LogP contribution in [0.1, 0.15) is 25.0 Å². The van der Waals surface area contributed by atoms with Crippen LogP contribution in [0.15, 0.2) is 36.4 Å². The first kappa shape index (κ1) is 15.8. The Morgan fingerprint density at radius 1 is 1.19 bits per heavy atom. The summed E-state index contributed by atoms with van der Waals surface area (Å²) in [7, 11) is 0. The molecule has 0 bridgehead atoms. The minimum atomic E-state index is -0.290. The molecule has 0 amide bonds. The molecule has 0 aliphatic heterocycles. The van der Waals surface area contributed by atoms with Gasteiger partial charge in [-0.05, 0) is 36.2 Å². The molecule has 1 N–H and O–H groups in total. The minimum absolute atomic E-state index is 0.290. The fraction of sp³-hybridized carbons (Fsp3) is 0.294. The van der Waals surface area contributed by atoms with Gasteiger partial charge in [-0.1, -0.05) is 37.6 Å². The third kappa shape index (κ3) is 4.45. The number of hydrogen-bond donors (Lipinski definition) is 1. The maximum absolute atomic E-state index is 13.5. The van der Waals surface area contributed by atoms with Crippen LogP contribution < -0.4 is 10.1 Å². The van der Waals surface area contributed by atoms with E-state index in [1.54, 1.807) is 25.1 Å². The molecule has 0 aliphatic rings. The molecule has 0 spiro atoms. The van der Waals surface area contributed by atoms with Crippen molar-refractivity contribution in [1.82, 2.24) is 5.32 Å². The normalized spacial score (nSPS) is 11.0. The molecule has 2 aromatic rings. The lowest BCUT2D eigenvalue weighted by atomic mass is 10.2. The van der Waals surface area contributed by atoms with Crippen molar-refractivity contribution in [1.29, 1.82) is 0 Å². The lowest BCUT2D eigenvalue weighted by Gasteiger charge is -2.11. The molecule has 0 aromatic heterocycles. The van der Waals surface area contributed by atoms with Crippen LogP contribution in [0.25, 0.3) is 0 Å². The van der Waals surface area contributed by atoms with Gasteiger partial charge in [0.05, 0.1) is 5.02 Å². The zero-order valence-electron chi connectivity index (χ0n) is 12.4. The van der Waals surface area contributed by atoms with Crippen molar-refractivity contribution < 1.29 is 9.13 Å². The van der Waals surface area contributed by atoms with Crippen molar-refractivity contribution >= 4 is 11.6 Å². The highest BCUT2D eigenvalue weighted by molar-refractivity contribution is 6.32. The molecule has 0 atom stereocenters. The molecule has 112 valence electrons. The Balaban J connectivity index is 2.11. The summed E-state index contributed by atoms with van der Waals surface area (Å²) in [5.74, 6) is 0.669. The van der Waals surface area contributed by atoms with Crippen molar-refractivity contribution in [3.63, 3.8) is 0 Å². The second-order valence-corrected chi connectivity index (χ2v) is 5.72. The van der Waals surface area contributed by atoms with Gasteiger partial charge in [0.2, 0.25) is 0 Å². The first-order valence-electron chi connectivity index (χ1n) is 6.91. The van der Waals surface area contributed by atoms with Crippen molar-refractivity contribution in [2.45, 2.75) is 33.4 Å². The number of aryl methyl sites for hydroxylation is 1. The van der Waals surface area contributed by atoms with Crippen molar-refractivity contribution in [3.05, 3.63) is 58.4 Å². The summed E-state index contributed by atoms with van der Waals surface area (Å²) < 4.78 is 19.1. The molecule has 0 saturated carbocycles. The summed E-state index contributed by atoms with van der Waals surface area (Å²) >= 11 is 6.22. The number of rotatable bonds is 5. The highest BCUT2D eigenvalue weighted by Gasteiger charge is 2.07. The van der Waals surface area contributed by atoms with E-state index in [0.29, 0.717) is 28.1 Å². The molecule has 2 rings (SSSR count). The van der Waals surface area contributed by atoms with Crippen LogP contribution in [0, 0.1) is 12.7 Å². The minimum Gasteiger partial charge on any atom is -0.456 e. The van der Waals surface area contributed by atoms with E-state index in [0.717, 1.165) is 12.1 Å². The fourth-order valence-corrected chi connectivity index (χ4v) is 2.06. The van der Waals surface area contributed by atoms with Gasteiger partial charge in [-0.15, -0.1) is 0 Å². The standard InChI is InChI=1S/C17H19ClFNO/c1-11(2)20-10-13-5-7-17(15(18)8-13)21-14-6-4-12(3)16(19)9-14/h4-9,11,20H,10H2,1-3H3. The summed E-state index contributed by atoms with van der Waals surface area (Å²) in [6.07, 6.45) is 0. The quantitative estimate of drug-likeness (QED) is 0.832. The number of benzene rings is 2. The Labute approximate surface area is 129 Å². The molecule has 0 radical (unpaired) electrons. The second-order valence-electron chi connectivity index (χ2n) is 5.31. The number of nitrogens with one attached hydrogen (secondary N) is 1. The van der Waals surface area contributed by atoms with E-state index in [-0.39, 0.29) is 5.82 Å². The lowest BCUT2D eigenvalue weighted by molar-refractivity contribution is 0.476. The van der Waals surface area contributed by atoms with E-state index in [2.05, 4.69) is 19.2 Å². The smallest absolute Gasteiger partial charge is 0.146 e. The maximum atomic E-state index is 13.5. The van der Waals surface area contributed by atoms with Crippen LogP contribution in [0.2, 0.25) is 5.02 Å². The average Bonchev–Trinajstić information content (AvgIpc) is 2.43. The number of ether oxygens (including phenoxy) is 1. The zero-order chi connectivity index (χ0) is 15.4. The SMILES string of the molecule is Cc1ccc(Oc2ccc(CNC(C)C)cc2Cl)cc1F. The van der Waals surface area contributed by atoms with Gasteiger partial charge >= 0.3 is 0 Å². The second kappa shape index (κ2) is 6.92. The van der Waals surface area contributed by atoms with E-state index >= 15 is 0 Å². The molecule has 0 heterocycles. The van der Waals surface area contributed by atoms with E-state index in [9.17, 15) is 4.39 Å². The highest BCUT2D eigenvalue weighted by Crippen LogP contribution is 2.30. The molecule has 2 nitrogen and oxygen atoms in total. The molecular formula is C17H19ClFNO. The van der Waals surface area contributed by atoms with Gasteiger partial charge < -0.3 is 10.1 Å². The van der Waals surface area contributed by atoms with E-state index < -0.39 is 0 Å². The molecule has 0 aliphatic carbocycles. The Bertz CT molecular complexity index is 628. The Kier molecular flexibility index (Phi) is 5.21. The predicted molar refractivity (Wildman–Crippen MR) is 84.6 cm³/mol. The summed E-state index contributed by atoms with van der Waals surface area (Å²) in [6, 6.07) is 10.8. The topological polar surface area (TPSA) is 21.3 Å². The third-order valence-corrected chi connectivity index (χ3v) is 3.38. The molecule has 2 aromatic carbocycles. The molecule has 4 heteroatoms. The maximum Gasteiger partial charge on any atom is 0.146 e. The van der Waals surface area contributed by atoms with Gasteiger partial charge in [-0.3, -0.25) is 0 Å². The van der Waals surface area contributed by atoms with Gasteiger partial charge in [0.15, 0.2) is 0 Å². The Morgan fingerprint density at radius 3 is 2.57 bits per heavy atom. The van der Waals surface area contributed by atoms with Gasteiger partial charge in [0.25, 0.3) is 0 Å². The summed E-state index contributed by atoms with van der Waals surface area (Å²) in [4.78, 5) is 0. The van der Waals surface area contributed by atoms with Gasteiger partial charge in [-0.25, -0.2) is 4.39 Å². The van der Waals surface area contributed by atoms with Crippen molar-refractivity contribution in [2.24, 2.45) is 0 Å². The molecule has 0 fully saturated rings. The van der Waals surface area contributed by atoms with Crippen molar-refractivity contribution in [3.8, 4) is 11.5 Å². The summed E-state index contributed by atoms with van der Waals surface area (Å²) in [5.41, 5.74) is 1.67. The first-order valence-corrected chi connectivity index (χ1v) is 7.29. The van der Waals surface area contributed by atoms with Gasteiger partial charge in [0, 0.05) is 18.7 Å². The van der Waals surface area contributed by atoms with E-state index in [4.69, 9.17) is 16.3 Å². The zero-order valence-corrected chi connectivity index (χ0v) is 13.2. The number of halogens is 2. The monoisotopic (exact) mass is 307 g/mol. The van der Waals surface area contributed by atoms with Gasteiger partial charge in [0.1, 0.15) is 17.3 Å². The Hall–Kier alpha value is -1.58. The number of hydrogen-bond acceptors (Lipinski definition) is 2. The fourth-order valence-electron chi connectivity index (χ4n) is 1.82.